The van der Waals surface area contributed by atoms with Crippen LogP contribution in [0.25, 0.3) is 0 Å². The van der Waals surface area contributed by atoms with Crippen LogP contribution in [0.15, 0.2) is 42.5 Å². The van der Waals surface area contributed by atoms with Gasteiger partial charge in [0.2, 0.25) is 5.91 Å². The van der Waals surface area contributed by atoms with Crippen molar-refractivity contribution in [3.05, 3.63) is 59.2 Å². The first-order valence-corrected chi connectivity index (χ1v) is 9.53. The molecule has 2 aromatic rings. The first-order chi connectivity index (χ1) is 13.5. The summed E-state index contributed by atoms with van der Waals surface area (Å²) in [5.74, 6) is -0.399. The summed E-state index contributed by atoms with van der Waals surface area (Å²) in [6, 6.07) is 13.9. The zero-order chi connectivity index (χ0) is 20.1. The van der Waals surface area contributed by atoms with Gasteiger partial charge in [-0.3, -0.25) is 9.59 Å². The lowest BCUT2D eigenvalue weighted by atomic mass is 9.98. The van der Waals surface area contributed by atoms with Crippen molar-refractivity contribution < 1.29 is 14.3 Å². The van der Waals surface area contributed by atoms with Crippen LogP contribution in [0.5, 0.6) is 0 Å². The number of anilines is 2. The second kappa shape index (κ2) is 8.89. The van der Waals surface area contributed by atoms with Gasteiger partial charge < -0.3 is 20.3 Å². The number of nitrogens with one attached hydrogen (secondary N) is 2. The molecule has 1 aliphatic rings. The van der Waals surface area contributed by atoms with Gasteiger partial charge in [0, 0.05) is 37.6 Å². The summed E-state index contributed by atoms with van der Waals surface area (Å²) in [5.41, 5.74) is 4.65. The van der Waals surface area contributed by atoms with Gasteiger partial charge in [-0.15, -0.1) is 0 Å². The van der Waals surface area contributed by atoms with Gasteiger partial charge in [-0.05, 0) is 49.6 Å². The van der Waals surface area contributed by atoms with Crippen LogP contribution in [0.3, 0.4) is 0 Å². The molecule has 28 heavy (non-hydrogen) atoms. The number of rotatable bonds is 6. The highest BCUT2D eigenvalue weighted by Gasteiger charge is 2.22. The van der Waals surface area contributed by atoms with Gasteiger partial charge in [0.15, 0.2) is 0 Å². The summed E-state index contributed by atoms with van der Waals surface area (Å²) in [5, 5.41) is 5.74. The van der Waals surface area contributed by atoms with E-state index in [2.05, 4.69) is 33.7 Å². The van der Waals surface area contributed by atoms with E-state index in [1.807, 2.05) is 32.0 Å². The van der Waals surface area contributed by atoms with Gasteiger partial charge >= 0.3 is 0 Å². The Morgan fingerprint density at radius 3 is 2.61 bits per heavy atom. The third-order valence-electron chi connectivity index (χ3n) is 4.69. The first kappa shape index (κ1) is 19.9. The molecule has 0 aromatic heterocycles. The molecule has 0 atom stereocenters. The van der Waals surface area contributed by atoms with Gasteiger partial charge in [-0.25, -0.2) is 0 Å². The van der Waals surface area contributed by atoms with Crippen LogP contribution in [-0.4, -0.2) is 38.1 Å². The Bertz CT molecular complexity index is 864. The third-order valence-corrected chi connectivity index (χ3v) is 4.69. The molecular formula is C22H27N3O3. The van der Waals surface area contributed by atoms with Crippen molar-refractivity contribution in [3.8, 4) is 0 Å². The maximum absolute atomic E-state index is 12.9. The first-order valence-electron chi connectivity index (χ1n) is 9.53. The monoisotopic (exact) mass is 381 g/mol. The lowest BCUT2D eigenvalue weighted by Crippen LogP contribution is -2.35. The van der Waals surface area contributed by atoms with Crippen LogP contribution in [0.1, 0.15) is 35.3 Å². The minimum absolute atomic E-state index is 0.0224. The zero-order valence-corrected chi connectivity index (χ0v) is 16.6. The van der Waals surface area contributed by atoms with E-state index >= 15 is 0 Å². The Morgan fingerprint density at radius 2 is 1.89 bits per heavy atom. The molecule has 2 amide bonds. The second-order valence-electron chi connectivity index (χ2n) is 7.28. The van der Waals surface area contributed by atoms with Crippen molar-refractivity contribution >= 4 is 23.2 Å². The Hall–Kier alpha value is -2.86. The van der Waals surface area contributed by atoms with E-state index in [0.717, 1.165) is 25.2 Å². The zero-order valence-electron chi connectivity index (χ0n) is 16.6. The lowest BCUT2D eigenvalue weighted by Gasteiger charge is -2.32. The highest BCUT2D eigenvalue weighted by molar-refractivity contribution is 6.02. The molecule has 1 heterocycles. The number of hydrogen-bond donors (Lipinski definition) is 2. The number of methoxy groups -OCH3 is 1. The molecule has 1 aliphatic heterocycles. The number of amides is 2. The quantitative estimate of drug-likeness (QED) is 0.807. The molecule has 0 aliphatic carbocycles. The Labute approximate surface area is 165 Å². The predicted molar refractivity (Wildman–Crippen MR) is 111 cm³/mol. The maximum Gasteiger partial charge on any atom is 0.253 e. The Balaban J connectivity index is 1.91. The number of hydrogen-bond acceptors (Lipinski definition) is 4. The van der Waals surface area contributed by atoms with E-state index in [1.165, 1.54) is 18.2 Å². The van der Waals surface area contributed by atoms with Crippen molar-refractivity contribution in [3.63, 3.8) is 0 Å². The van der Waals surface area contributed by atoms with Crippen molar-refractivity contribution in [2.24, 2.45) is 0 Å². The summed E-state index contributed by atoms with van der Waals surface area (Å²) in [6.45, 7) is 5.43. The highest BCUT2D eigenvalue weighted by atomic mass is 16.5. The van der Waals surface area contributed by atoms with E-state index in [4.69, 9.17) is 4.74 Å². The lowest BCUT2D eigenvalue weighted by molar-refractivity contribution is -0.119. The Morgan fingerprint density at radius 1 is 1.14 bits per heavy atom. The highest BCUT2D eigenvalue weighted by Crippen LogP contribution is 2.29. The maximum atomic E-state index is 12.9. The standard InChI is InChI=1S/C22H27N3O3/c1-15(2)23-22(27)19-12-18(24-21(26)14-28-3)8-9-20(19)25-11-10-16-6-4-5-7-17(16)13-25/h4-9,12,15H,10-11,13-14H2,1-3H3,(H,23,27)(H,24,26). The van der Waals surface area contributed by atoms with E-state index in [1.54, 1.807) is 6.07 Å². The topological polar surface area (TPSA) is 70.7 Å². The average Bonchev–Trinajstić information content (AvgIpc) is 2.67. The van der Waals surface area contributed by atoms with Crippen LogP contribution in [-0.2, 0) is 22.5 Å². The van der Waals surface area contributed by atoms with Crippen molar-refractivity contribution in [1.82, 2.24) is 5.32 Å². The molecule has 2 aromatic carbocycles. The molecule has 148 valence electrons. The fourth-order valence-corrected chi connectivity index (χ4v) is 3.44. The molecule has 2 N–H and O–H groups in total. The molecule has 3 rings (SSSR count). The molecule has 0 saturated heterocycles. The molecule has 0 saturated carbocycles. The normalized spacial score (nSPS) is 13.2. The predicted octanol–water partition coefficient (Wildman–Crippen LogP) is 2.97. The molecule has 6 heteroatoms. The largest absolute Gasteiger partial charge is 0.375 e. The molecule has 0 spiro atoms. The Kier molecular flexibility index (Phi) is 6.31. The van der Waals surface area contributed by atoms with Crippen LogP contribution < -0.4 is 15.5 Å². The molecule has 0 fully saturated rings. The summed E-state index contributed by atoms with van der Waals surface area (Å²) >= 11 is 0. The molecule has 0 unspecified atom stereocenters. The van der Waals surface area contributed by atoms with Gasteiger partial charge in [-0.1, -0.05) is 24.3 Å². The third kappa shape index (κ3) is 4.70. The SMILES string of the molecule is COCC(=O)Nc1ccc(N2CCc3ccccc3C2)c(C(=O)NC(C)C)c1. The van der Waals surface area contributed by atoms with E-state index in [9.17, 15) is 9.59 Å². The van der Waals surface area contributed by atoms with Crippen LogP contribution in [0, 0.1) is 0 Å². The number of fused-ring (bicyclic) bond motifs is 1. The molecule has 0 radical (unpaired) electrons. The second-order valence-corrected chi connectivity index (χ2v) is 7.28. The minimum Gasteiger partial charge on any atom is -0.375 e. The van der Waals surface area contributed by atoms with Gasteiger partial charge in [0.25, 0.3) is 5.91 Å². The summed E-state index contributed by atoms with van der Waals surface area (Å²) in [4.78, 5) is 26.9. The van der Waals surface area contributed by atoms with Gasteiger partial charge in [0.1, 0.15) is 6.61 Å². The van der Waals surface area contributed by atoms with Crippen LogP contribution >= 0.6 is 0 Å². The molecule has 6 nitrogen and oxygen atoms in total. The number of carbonyl (C=O) groups excluding carboxylic acids is 2. The molecular weight excluding hydrogens is 354 g/mol. The van der Waals surface area contributed by atoms with Crippen molar-refractivity contribution in [1.29, 1.82) is 0 Å². The fraction of sp³-hybridized carbons (Fsp3) is 0.364. The van der Waals surface area contributed by atoms with Gasteiger partial charge in [-0.2, -0.15) is 0 Å². The summed E-state index contributed by atoms with van der Waals surface area (Å²) in [7, 11) is 1.47. The average molecular weight is 381 g/mol. The van der Waals surface area contributed by atoms with E-state index < -0.39 is 0 Å². The minimum atomic E-state index is -0.252. The van der Waals surface area contributed by atoms with E-state index in [-0.39, 0.29) is 24.5 Å². The smallest absolute Gasteiger partial charge is 0.253 e. The van der Waals surface area contributed by atoms with E-state index in [0.29, 0.717) is 11.3 Å². The van der Waals surface area contributed by atoms with Crippen LogP contribution in [0.4, 0.5) is 11.4 Å². The van der Waals surface area contributed by atoms with Crippen molar-refractivity contribution in [2.45, 2.75) is 32.9 Å². The summed E-state index contributed by atoms with van der Waals surface area (Å²) < 4.78 is 4.86. The fourth-order valence-electron chi connectivity index (χ4n) is 3.44. The molecule has 0 bridgehead atoms. The van der Waals surface area contributed by atoms with Crippen molar-refractivity contribution in [2.75, 3.05) is 30.5 Å². The number of nitrogens with zero attached hydrogens (tertiary/aromatic N) is 1. The number of carbonyl (C=O) groups is 2. The summed E-state index contributed by atoms with van der Waals surface area (Å²) in [6.07, 6.45) is 0.938. The van der Waals surface area contributed by atoms with Crippen LogP contribution in [0.2, 0.25) is 0 Å². The number of benzene rings is 2. The van der Waals surface area contributed by atoms with Gasteiger partial charge in [0.05, 0.1) is 5.56 Å². The number of ether oxygens (including phenoxy) is 1.